The molecule has 0 aliphatic heterocycles. The summed E-state index contributed by atoms with van der Waals surface area (Å²) in [6.45, 7) is 0. The van der Waals surface area contributed by atoms with Crippen LogP contribution in [0.3, 0.4) is 0 Å². The lowest BCUT2D eigenvalue weighted by Gasteiger charge is -2.15. The molecular weight excluding hydrogens is 331 g/mol. The minimum Gasteiger partial charge on any atom is -0.200 e. The molecule has 0 atom stereocenters. The molecule has 5 nitrogen and oxygen atoms in total. The van der Waals surface area contributed by atoms with E-state index in [2.05, 4.69) is 9.93 Å². The summed E-state index contributed by atoms with van der Waals surface area (Å²) in [6.07, 6.45) is -2.67. The number of alkyl halides is 3. The van der Waals surface area contributed by atoms with Gasteiger partial charge in [0, 0.05) is 5.56 Å². The lowest BCUT2D eigenvalue weighted by molar-refractivity contribution is -0.142. The van der Waals surface area contributed by atoms with E-state index in [0.717, 1.165) is 4.79 Å². The molecule has 0 unspecified atom stereocenters. The van der Waals surface area contributed by atoms with Crippen molar-refractivity contribution in [3.63, 3.8) is 0 Å². The molecular formula is C14H14F3N3O2S. The van der Waals surface area contributed by atoms with Crippen molar-refractivity contribution >= 4 is 10.0 Å². The lowest BCUT2D eigenvalue weighted by atomic mass is 9.96. The zero-order valence-corrected chi connectivity index (χ0v) is 12.8. The first-order valence-corrected chi connectivity index (χ1v) is 8.53. The van der Waals surface area contributed by atoms with Crippen LogP contribution in [0.5, 0.6) is 0 Å². The topological polar surface area (TPSA) is 64.0 Å². The van der Waals surface area contributed by atoms with Crippen LogP contribution < -0.4 is 4.83 Å². The maximum absolute atomic E-state index is 13.1. The second-order valence-electron chi connectivity index (χ2n) is 5.30. The van der Waals surface area contributed by atoms with Gasteiger partial charge in [0.15, 0.2) is 5.69 Å². The van der Waals surface area contributed by atoms with E-state index < -0.39 is 21.9 Å². The molecule has 124 valence electrons. The Balaban J connectivity index is 2.03. The number of benzene rings is 1. The number of aromatic nitrogens is 2. The first-order valence-electron chi connectivity index (χ1n) is 7.05. The van der Waals surface area contributed by atoms with Gasteiger partial charge in [0.25, 0.3) is 10.0 Å². The standard InChI is InChI=1S/C14H14F3N3O2S/c15-14(16,17)13-11-8-4-5-9-12(11)20(18-13)19-23(21,22)10-6-2-1-3-7-10/h1-3,6-7,19H,4-5,8-9H2. The minimum atomic E-state index is -4.61. The third-order valence-electron chi connectivity index (χ3n) is 3.71. The SMILES string of the molecule is O=S(=O)(Nn1nc(C(F)(F)F)c2c1CCCC2)c1ccccc1. The summed E-state index contributed by atoms with van der Waals surface area (Å²) in [5, 5.41) is 3.48. The number of halogens is 3. The van der Waals surface area contributed by atoms with Crippen LogP contribution in [0, 0.1) is 0 Å². The van der Waals surface area contributed by atoms with Crippen molar-refractivity contribution < 1.29 is 21.6 Å². The lowest BCUT2D eigenvalue weighted by Crippen LogP contribution is -2.27. The van der Waals surface area contributed by atoms with Gasteiger partial charge in [-0.2, -0.15) is 31.2 Å². The summed E-state index contributed by atoms with van der Waals surface area (Å²) < 4.78 is 63.9. The molecule has 23 heavy (non-hydrogen) atoms. The Hall–Kier alpha value is -2.03. The molecule has 0 fully saturated rings. The third-order valence-corrected chi connectivity index (χ3v) is 5.01. The molecule has 0 radical (unpaired) electrons. The van der Waals surface area contributed by atoms with Crippen LogP contribution in [0.4, 0.5) is 13.2 Å². The summed E-state index contributed by atoms with van der Waals surface area (Å²) >= 11 is 0. The number of nitrogens with one attached hydrogen (secondary N) is 1. The third kappa shape index (κ3) is 3.05. The van der Waals surface area contributed by atoms with Gasteiger partial charge in [0.1, 0.15) is 0 Å². The van der Waals surface area contributed by atoms with Crippen molar-refractivity contribution in [2.75, 3.05) is 4.83 Å². The Morgan fingerprint density at radius 3 is 2.39 bits per heavy atom. The largest absolute Gasteiger partial charge is 0.435 e. The number of nitrogens with zero attached hydrogens (tertiary/aromatic N) is 2. The molecule has 9 heteroatoms. The summed E-state index contributed by atoms with van der Waals surface area (Å²) in [7, 11) is -4.00. The van der Waals surface area contributed by atoms with Crippen LogP contribution >= 0.6 is 0 Å². The fourth-order valence-corrected chi connectivity index (χ4v) is 3.67. The maximum Gasteiger partial charge on any atom is 0.435 e. The molecule has 1 aromatic heterocycles. The second kappa shape index (κ2) is 5.55. The molecule has 1 aliphatic rings. The van der Waals surface area contributed by atoms with Crippen molar-refractivity contribution in [2.45, 2.75) is 36.8 Å². The van der Waals surface area contributed by atoms with Gasteiger partial charge < -0.3 is 0 Å². The molecule has 1 aliphatic carbocycles. The zero-order valence-electron chi connectivity index (χ0n) is 12.0. The van der Waals surface area contributed by atoms with Gasteiger partial charge in [-0.25, -0.2) is 0 Å². The average molecular weight is 345 g/mol. The monoisotopic (exact) mass is 345 g/mol. The van der Waals surface area contributed by atoms with Crippen molar-refractivity contribution in [3.05, 3.63) is 47.3 Å². The van der Waals surface area contributed by atoms with Crippen molar-refractivity contribution in [1.29, 1.82) is 0 Å². The van der Waals surface area contributed by atoms with Crippen molar-refractivity contribution in [1.82, 2.24) is 9.89 Å². The van der Waals surface area contributed by atoms with Crippen molar-refractivity contribution in [2.24, 2.45) is 0 Å². The Bertz CT molecular complexity index is 814. The van der Waals surface area contributed by atoms with Gasteiger partial charge in [0.05, 0.1) is 10.6 Å². The number of hydrogen-bond acceptors (Lipinski definition) is 3. The fourth-order valence-electron chi connectivity index (χ4n) is 2.67. The van der Waals surface area contributed by atoms with Crippen LogP contribution in [0.2, 0.25) is 0 Å². The van der Waals surface area contributed by atoms with Crippen LogP contribution in [0.15, 0.2) is 35.2 Å². The first-order chi connectivity index (χ1) is 10.8. The van der Waals surface area contributed by atoms with E-state index in [1.54, 1.807) is 6.07 Å². The fraction of sp³-hybridized carbons (Fsp3) is 0.357. The molecule has 1 heterocycles. The molecule has 0 saturated carbocycles. The Morgan fingerprint density at radius 1 is 1.09 bits per heavy atom. The summed E-state index contributed by atoms with van der Waals surface area (Å²) in [5.41, 5.74) is -0.648. The average Bonchev–Trinajstić information content (AvgIpc) is 2.87. The van der Waals surface area contributed by atoms with Crippen LogP contribution in [-0.2, 0) is 29.0 Å². The van der Waals surface area contributed by atoms with E-state index in [-0.39, 0.29) is 22.6 Å². The van der Waals surface area contributed by atoms with Gasteiger partial charge in [-0.05, 0) is 37.8 Å². The molecule has 1 N–H and O–H groups in total. The van der Waals surface area contributed by atoms with Gasteiger partial charge in [-0.1, -0.05) is 18.2 Å². The molecule has 0 bridgehead atoms. The first kappa shape index (κ1) is 15.9. The molecule has 0 amide bonds. The maximum atomic E-state index is 13.1. The van der Waals surface area contributed by atoms with Crippen LogP contribution in [0.25, 0.3) is 0 Å². The Morgan fingerprint density at radius 2 is 1.74 bits per heavy atom. The normalized spacial score (nSPS) is 15.3. The van der Waals surface area contributed by atoms with Gasteiger partial charge >= 0.3 is 6.18 Å². The van der Waals surface area contributed by atoms with Gasteiger partial charge in [0.2, 0.25) is 0 Å². The summed E-state index contributed by atoms with van der Waals surface area (Å²) in [5.74, 6) is 0. The predicted octanol–water partition coefficient (Wildman–Crippen LogP) is 2.71. The Labute approximate surface area is 131 Å². The summed E-state index contributed by atoms with van der Waals surface area (Å²) in [4.78, 5) is 2.86. The highest BCUT2D eigenvalue weighted by Crippen LogP contribution is 2.35. The molecule has 1 aromatic carbocycles. The number of fused-ring (bicyclic) bond motifs is 1. The van der Waals surface area contributed by atoms with Gasteiger partial charge in [-0.15, -0.1) is 5.10 Å². The van der Waals surface area contributed by atoms with E-state index in [1.807, 2.05) is 0 Å². The Kier molecular flexibility index (Phi) is 3.83. The second-order valence-corrected chi connectivity index (χ2v) is 6.96. The molecule has 0 saturated heterocycles. The van der Waals surface area contributed by atoms with E-state index in [4.69, 9.17) is 0 Å². The molecule has 0 spiro atoms. The van der Waals surface area contributed by atoms with E-state index in [1.165, 1.54) is 24.3 Å². The zero-order chi connectivity index (χ0) is 16.7. The van der Waals surface area contributed by atoms with E-state index >= 15 is 0 Å². The quantitative estimate of drug-likeness (QED) is 0.930. The number of rotatable bonds is 3. The van der Waals surface area contributed by atoms with E-state index in [0.29, 0.717) is 19.3 Å². The number of sulfonamides is 1. The molecule has 3 rings (SSSR count). The molecule has 2 aromatic rings. The van der Waals surface area contributed by atoms with Crippen molar-refractivity contribution in [3.8, 4) is 0 Å². The highest BCUT2D eigenvalue weighted by Gasteiger charge is 2.40. The number of hydrogen-bond donors (Lipinski definition) is 1. The van der Waals surface area contributed by atoms with Crippen LogP contribution in [0.1, 0.15) is 29.8 Å². The summed E-state index contributed by atoms with van der Waals surface area (Å²) in [6, 6.07) is 7.45. The highest BCUT2D eigenvalue weighted by molar-refractivity contribution is 7.92. The van der Waals surface area contributed by atoms with E-state index in [9.17, 15) is 21.6 Å². The smallest absolute Gasteiger partial charge is 0.200 e. The minimum absolute atomic E-state index is 0.0337. The van der Waals surface area contributed by atoms with Crippen LogP contribution in [-0.4, -0.2) is 18.3 Å². The predicted molar refractivity (Wildman–Crippen MR) is 76.9 cm³/mol. The van der Waals surface area contributed by atoms with Gasteiger partial charge in [-0.3, -0.25) is 0 Å². The highest BCUT2D eigenvalue weighted by atomic mass is 32.2.